The molecule has 19 heavy (non-hydrogen) atoms. The number of hydrogen-bond acceptors (Lipinski definition) is 4. The molecule has 1 unspecified atom stereocenters. The summed E-state index contributed by atoms with van der Waals surface area (Å²) in [6.45, 7) is 10.6. The Bertz CT molecular complexity index is 589. The van der Waals surface area contributed by atoms with Crippen LogP contribution in [0.25, 0.3) is 5.78 Å². The maximum Gasteiger partial charge on any atom is 0.234 e. The third-order valence-electron chi connectivity index (χ3n) is 3.70. The molecule has 102 valence electrons. The second kappa shape index (κ2) is 4.90. The number of hydrogen-bond donors (Lipinski definition) is 1. The van der Waals surface area contributed by atoms with E-state index in [0.29, 0.717) is 6.04 Å². The molecule has 2 aromatic heterocycles. The molecule has 0 amide bonds. The van der Waals surface area contributed by atoms with Crippen molar-refractivity contribution in [3.63, 3.8) is 0 Å². The van der Waals surface area contributed by atoms with Crippen LogP contribution in [-0.2, 0) is 6.54 Å². The lowest BCUT2D eigenvalue weighted by Crippen LogP contribution is -2.48. The smallest absolute Gasteiger partial charge is 0.234 e. The van der Waals surface area contributed by atoms with Crippen LogP contribution in [0.15, 0.2) is 12.3 Å². The Morgan fingerprint density at radius 1 is 1.42 bits per heavy atom. The van der Waals surface area contributed by atoms with Crippen LogP contribution in [0.4, 0.5) is 0 Å². The summed E-state index contributed by atoms with van der Waals surface area (Å²) in [6, 6.07) is 2.67. The van der Waals surface area contributed by atoms with Gasteiger partial charge in [-0.15, -0.1) is 0 Å². The predicted molar refractivity (Wildman–Crippen MR) is 75.2 cm³/mol. The molecule has 0 spiro atoms. The fourth-order valence-corrected chi connectivity index (χ4v) is 2.89. The second-order valence-electron chi connectivity index (χ2n) is 5.51. The van der Waals surface area contributed by atoms with Crippen molar-refractivity contribution in [2.45, 2.75) is 33.4 Å². The maximum absolute atomic E-state index is 4.49. The van der Waals surface area contributed by atoms with Gasteiger partial charge in [0.2, 0.25) is 5.78 Å². The molecule has 0 radical (unpaired) electrons. The highest BCUT2D eigenvalue weighted by molar-refractivity contribution is 5.35. The molecule has 1 atom stereocenters. The molecular formula is C14H21N5. The van der Waals surface area contributed by atoms with Crippen molar-refractivity contribution in [2.24, 2.45) is 0 Å². The molecule has 0 saturated carbocycles. The number of nitrogens with one attached hydrogen (secondary N) is 1. The second-order valence-corrected chi connectivity index (χ2v) is 5.51. The van der Waals surface area contributed by atoms with Crippen LogP contribution in [-0.4, -0.2) is 44.9 Å². The minimum atomic E-state index is 0.564. The number of piperazine rings is 1. The summed E-state index contributed by atoms with van der Waals surface area (Å²) in [4.78, 5) is 11.4. The van der Waals surface area contributed by atoms with Gasteiger partial charge in [-0.3, -0.25) is 9.30 Å². The van der Waals surface area contributed by atoms with Crippen molar-refractivity contribution in [1.82, 2.24) is 24.6 Å². The molecule has 1 aliphatic rings. The average molecular weight is 259 g/mol. The van der Waals surface area contributed by atoms with Gasteiger partial charge in [-0.2, -0.15) is 0 Å². The van der Waals surface area contributed by atoms with Crippen LogP contribution in [0.1, 0.15) is 24.0 Å². The van der Waals surface area contributed by atoms with Gasteiger partial charge >= 0.3 is 0 Å². The molecule has 3 rings (SSSR count). The van der Waals surface area contributed by atoms with Gasteiger partial charge in [-0.05, 0) is 26.8 Å². The Morgan fingerprint density at radius 2 is 2.26 bits per heavy atom. The van der Waals surface area contributed by atoms with Gasteiger partial charge in [0, 0.05) is 43.6 Å². The Morgan fingerprint density at radius 3 is 3.05 bits per heavy atom. The Labute approximate surface area is 113 Å². The maximum atomic E-state index is 4.49. The fourth-order valence-electron chi connectivity index (χ4n) is 2.89. The van der Waals surface area contributed by atoms with E-state index < -0.39 is 0 Å². The fraction of sp³-hybridized carbons (Fsp3) is 0.571. The van der Waals surface area contributed by atoms with Crippen molar-refractivity contribution in [3.8, 4) is 0 Å². The van der Waals surface area contributed by atoms with Crippen molar-refractivity contribution in [3.05, 3.63) is 29.3 Å². The zero-order valence-corrected chi connectivity index (χ0v) is 11.8. The van der Waals surface area contributed by atoms with Crippen molar-refractivity contribution >= 4 is 5.78 Å². The molecule has 5 heteroatoms. The first-order chi connectivity index (χ1) is 9.13. The number of rotatable bonds is 2. The molecule has 0 bridgehead atoms. The number of nitrogens with zero attached hydrogens (tertiary/aromatic N) is 4. The zero-order valence-electron chi connectivity index (χ0n) is 11.8. The van der Waals surface area contributed by atoms with E-state index in [9.17, 15) is 0 Å². The van der Waals surface area contributed by atoms with Gasteiger partial charge in [-0.25, -0.2) is 9.97 Å². The van der Waals surface area contributed by atoms with Crippen LogP contribution in [0.3, 0.4) is 0 Å². The summed E-state index contributed by atoms with van der Waals surface area (Å²) >= 11 is 0. The highest BCUT2D eigenvalue weighted by Crippen LogP contribution is 2.13. The molecule has 1 saturated heterocycles. The summed E-state index contributed by atoms with van der Waals surface area (Å²) in [5, 5.41) is 3.47. The highest BCUT2D eigenvalue weighted by Gasteiger charge is 2.17. The van der Waals surface area contributed by atoms with Crippen molar-refractivity contribution < 1.29 is 0 Å². The van der Waals surface area contributed by atoms with Crippen LogP contribution in [0, 0.1) is 13.8 Å². The van der Waals surface area contributed by atoms with Gasteiger partial charge in [0.1, 0.15) is 0 Å². The van der Waals surface area contributed by atoms with Gasteiger partial charge in [0.25, 0.3) is 0 Å². The monoisotopic (exact) mass is 259 g/mol. The SMILES string of the molecule is Cc1cc(C)n2c(CN3CCNC(C)C3)cnc2n1. The third-order valence-corrected chi connectivity index (χ3v) is 3.70. The van der Waals surface area contributed by atoms with Crippen LogP contribution in [0.2, 0.25) is 0 Å². The summed E-state index contributed by atoms with van der Waals surface area (Å²) in [5.74, 6) is 0.815. The molecule has 1 aliphatic heterocycles. The summed E-state index contributed by atoms with van der Waals surface area (Å²) < 4.78 is 2.17. The highest BCUT2D eigenvalue weighted by atomic mass is 15.2. The lowest BCUT2D eigenvalue weighted by Gasteiger charge is -2.31. The summed E-state index contributed by atoms with van der Waals surface area (Å²) in [7, 11) is 0. The number of fused-ring (bicyclic) bond motifs is 1. The molecule has 3 heterocycles. The zero-order chi connectivity index (χ0) is 13.4. The molecular weight excluding hydrogens is 238 g/mol. The lowest BCUT2D eigenvalue weighted by atomic mass is 10.2. The van der Waals surface area contributed by atoms with Gasteiger partial charge in [-0.1, -0.05) is 0 Å². The van der Waals surface area contributed by atoms with Gasteiger partial charge < -0.3 is 5.32 Å². The third kappa shape index (κ3) is 2.48. The van der Waals surface area contributed by atoms with E-state index in [-0.39, 0.29) is 0 Å². The molecule has 0 aliphatic carbocycles. The van der Waals surface area contributed by atoms with Gasteiger partial charge in [0.15, 0.2) is 0 Å². The predicted octanol–water partition coefficient (Wildman–Crippen LogP) is 1.14. The Kier molecular flexibility index (Phi) is 3.24. The quantitative estimate of drug-likeness (QED) is 0.878. The van der Waals surface area contributed by atoms with Crippen molar-refractivity contribution in [2.75, 3.05) is 19.6 Å². The average Bonchev–Trinajstić information content (AvgIpc) is 2.72. The largest absolute Gasteiger partial charge is 0.312 e. The first kappa shape index (κ1) is 12.6. The number of imidazole rings is 1. The molecule has 1 fully saturated rings. The van der Waals surface area contributed by atoms with E-state index in [1.54, 1.807) is 0 Å². The Hall–Kier alpha value is -1.46. The normalized spacial score (nSPS) is 21.1. The lowest BCUT2D eigenvalue weighted by molar-refractivity contribution is 0.197. The van der Waals surface area contributed by atoms with E-state index in [4.69, 9.17) is 0 Å². The topological polar surface area (TPSA) is 45.5 Å². The minimum absolute atomic E-state index is 0.564. The molecule has 0 aromatic carbocycles. The van der Waals surface area contributed by atoms with Gasteiger partial charge in [0.05, 0.1) is 11.9 Å². The van der Waals surface area contributed by atoms with Crippen LogP contribution in [0.5, 0.6) is 0 Å². The van der Waals surface area contributed by atoms with E-state index in [2.05, 4.69) is 44.5 Å². The van der Waals surface area contributed by atoms with E-state index >= 15 is 0 Å². The molecule has 2 aromatic rings. The van der Waals surface area contributed by atoms with E-state index in [1.165, 1.54) is 11.4 Å². The standard InChI is InChI=1S/C14H21N5/c1-10-6-12(3)19-13(7-16-14(19)17-10)9-18-5-4-15-11(2)8-18/h6-7,11,15H,4-5,8-9H2,1-3H3. The van der Waals surface area contributed by atoms with E-state index in [1.807, 2.05) is 13.1 Å². The Balaban J connectivity index is 1.89. The van der Waals surface area contributed by atoms with Crippen LogP contribution >= 0.6 is 0 Å². The first-order valence-corrected chi connectivity index (χ1v) is 6.90. The molecule has 1 N–H and O–H groups in total. The first-order valence-electron chi connectivity index (χ1n) is 6.90. The van der Waals surface area contributed by atoms with Crippen LogP contribution < -0.4 is 5.32 Å². The van der Waals surface area contributed by atoms with E-state index in [0.717, 1.165) is 37.7 Å². The number of aryl methyl sites for hydroxylation is 2. The summed E-state index contributed by atoms with van der Waals surface area (Å²) in [5.41, 5.74) is 3.46. The summed E-state index contributed by atoms with van der Waals surface area (Å²) in [6.07, 6.45) is 1.96. The molecule has 5 nitrogen and oxygen atoms in total. The minimum Gasteiger partial charge on any atom is -0.312 e. The number of aromatic nitrogens is 3. The van der Waals surface area contributed by atoms with Crippen molar-refractivity contribution in [1.29, 1.82) is 0 Å².